The van der Waals surface area contributed by atoms with Crippen LogP contribution in [-0.4, -0.2) is 65.2 Å². The number of nitrogens with zero attached hydrogens (tertiary/aromatic N) is 5. The molecule has 0 aliphatic carbocycles. The van der Waals surface area contributed by atoms with Crippen LogP contribution >= 0.6 is 11.3 Å². The molecule has 1 fully saturated rings. The maximum atomic E-state index is 13.1. The van der Waals surface area contributed by atoms with Crippen molar-refractivity contribution in [3.05, 3.63) is 52.7 Å². The number of aromatic nitrogens is 2. The average molecular weight is 454 g/mol. The number of rotatable bonds is 8. The molecule has 0 atom stereocenters. The molecule has 0 bridgehead atoms. The van der Waals surface area contributed by atoms with Gasteiger partial charge in [0.05, 0.1) is 18.0 Å². The lowest BCUT2D eigenvalue weighted by molar-refractivity contribution is -0.133. The van der Waals surface area contributed by atoms with Crippen molar-refractivity contribution in [3.8, 4) is 10.8 Å². The van der Waals surface area contributed by atoms with Crippen molar-refractivity contribution in [1.82, 2.24) is 20.0 Å². The summed E-state index contributed by atoms with van der Waals surface area (Å²) in [4.78, 5) is 20.5. The van der Waals surface area contributed by atoms with E-state index in [1.165, 1.54) is 16.8 Å². The van der Waals surface area contributed by atoms with Gasteiger partial charge < -0.3 is 14.2 Å². The van der Waals surface area contributed by atoms with Crippen molar-refractivity contribution in [1.29, 1.82) is 0 Å². The van der Waals surface area contributed by atoms with Crippen molar-refractivity contribution in [2.75, 3.05) is 44.2 Å². The Morgan fingerprint density at radius 2 is 1.94 bits per heavy atom. The maximum absolute atomic E-state index is 13.1. The SMILES string of the molecule is CCCN(Cc1nnc(-c2cccs2)o1)C(=O)CN1CCN(c2cccc(C)c2C)CC1. The summed E-state index contributed by atoms with van der Waals surface area (Å²) in [5.74, 6) is 1.11. The first-order chi connectivity index (χ1) is 15.5. The van der Waals surface area contributed by atoms with E-state index < -0.39 is 0 Å². The van der Waals surface area contributed by atoms with E-state index in [2.05, 4.69) is 59.0 Å². The van der Waals surface area contributed by atoms with Crippen molar-refractivity contribution in [2.45, 2.75) is 33.7 Å². The van der Waals surface area contributed by atoms with E-state index in [4.69, 9.17) is 4.42 Å². The van der Waals surface area contributed by atoms with Crippen LogP contribution in [0.1, 0.15) is 30.4 Å². The third-order valence-corrected chi connectivity index (χ3v) is 6.88. The van der Waals surface area contributed by atoms with E-state index in [9.17, 15) is 4.79 Å². The number of piperazine rings is 1. The first-order valence-corrected chi connectivity index (χ1v) is 12.1. The standard InChI is InChI=1S/C24H31N5O2S/c1-4-10-29(16-22-25-26-24(31-22)21-9-6-15-32-21)23(30)17-27-11-13-28(14-12-27)20-8-5-7-18(2)19(20)3/h5-9,15H,4,10-14,16-17H2,1-3H3. The highest BCUT2D eigenvalue weighted by atomic mass is 32.1. The highest BCUT2D eigenvalue weighted by Gasteiger charge is 2.24. The summed E-state index contributed by atoms with van der Waals surface area (Å²) in [5.41, 5.74) is 3.97. The molecule has 3 heterocycles. The fourth-order valence-corrected chi connectivity index (χ4v) is 4.70. The largest absolute Gasteiger partial charge is 0.418 e. The Bertz CT molecular complexity index is 1020. The van der Waals surface area contributed by atoms with Crippen molar-refractivity contribution < 1.29 is 9.21 Å². The molecular weight excluding hydrogens is 422 g/mol. The Balaban J connectivity index is 1.33. The van der Waals surface area contributed by atoms with Gasteiger partial charge >= 0.3 is 0 Å². The molecule has 1 aliphatic rings. The zero-order valence-corrected chi connectivity index (χ0v) is 19.9. The number of amides is 1. The second-order valence-electron chi connectivity index (χ2n) is 8.28. The summed E-state index contributed by atoms with van der Waals surface area (Å²) in [7, 11) is 0. The van der Waals surface area contributed by atoms with Crippen LogP contribution in [0.15, 0.2) is 40.1 Å². The summed E-state index contributed by atoms with van der Waals surface area (Å²) in [5, 5.41) is 10.3. The molecule has 1 aliphatic heterocycles. The Morgan fingerprint density at radius 1 is 1.12 bits per heavy atom. The first kappa shape index (κ1) is 22.5. The van der Waals surface area contributed by atoms with E-state index in [-0.39, 0.29) is 5.91 Å². The van der Waals surface area contributed by atoms with Crippen LogP contribution in [0, 0.1) is 13.8 Å². The zero-order valence-electron chi connectivity index (χ0n) is 19.1. The van der Waals surface area contributed by atoms with Gasteiger partial charge in [-0.3, -0.25) is 9.69 Å². The van der Waals surface area contributed by atoms with Gasteiger partial charge in [0.1, 0.15) is 0 Å². The van der Waals surface area contributed by atoms with Gasteiger partial charge in [0, 0.05) is 38.4 Å². The average Bonchev–Trinajstić information content (AvgIpc) is 3.48. The van der Waals surface area contributed by atoms with Gasteiger partial charge in [0.2, 0.25) is 11.8 Å². The van der Waals surface area contributed by atoms with Gasteiger partial charge in [-0.1, -0.05) is 25.1 Å². The molecule has 1 saturated heterocycles. The van der Waals surface area contributed by atoms with E-state index >= 15 is 0 Å². The Labute approximate surface area is 193 Å². The van der Waals surface area contributed by atoms with Crippen LogP contribution in [0.4, 0.5) is 5.69 Å². The molecule has 32 heavy (non-hydrogen) atoms. The summed E-state index contributed by atoms with van der Waals surface area (Å²) in [6, 6.07) is 10.4. The number of hydrogen-bond acceptors (Lipinski definition) is 7. The topological polar surface area (TPSA) is 65.7 Å². The van der Waals surface area contributed by atoms with Gasteiger partial charge in [-0.05, 0) is 48.9 Å². The van der Waals surface area contributed by atoms with Gasteiger partial charge in [-0.15, -0.1) is 21.5 Å². The molecule has 0 unspecified atom stereocenters. The molecule has 0 saturated carbocycles. The van der Waals surface area contributed by atoms with Crippen molar-refractivity contribution in [2.24, 2.45) is 0 Å². The van der Waals surface area contributed by atoms with Crippen LogP contribution in [0.25, 0.3) is 10.8 Å². The minimum atomic E-state index is 0.114. The molecule has 170 valence electrons. The lowest BCUT2D eigenvalue weighted by atomic mass is 10.1. The van der Waals surface area contributed by atoms with Crippen LogP contribution < -0.4 is 4.90 Å². The van der Waals surface area contributed by atoms with Crippen molar-refractivity contribution >= 4 is 22.9 Å². The molecule has 0 N–H and O–H groups in total. The molecular formula is C24H31N5O2S. The molecule has 8 heteroatoms. The minimum absolute atomic E-state index is 0.114. The highest BCUT2D eigenvalue weighted by molar-refractivity contribution is 7.13. The lowest BCUT2D eigenvalue weighted by Gasteiger charge is -2.37. The van der Waals surface area contributed by atoms with Gasteiger partial charge in [0.25, 0.3) is 5.89 Å². The fraction of sp³-hybridized carbons (Fsp3) is 0.458. The Morgan fingerprint density at radius 3 is 2.66 bits per heavy atom. The van der Waals surface area contributed by atoms with Crippen LogP contribution in [0.2, 0.25) is 0 Å². The van der Waals surface area contributed by atoms with E-state index in [1.807, 2.05) is 22.4 Å². The first-order valence-electron chi connectivity index (χ1n) is 11.2. The van der Waals surface area contributed by atoms with Crippen molar-refractivity contribution in [3.63, 3.8) is 0 Å². The molecule has 0 radical (unpaired) electrons. The second kappa shape index (κ2) is 10.3. The highest BCUT2D eigenvalue weighted by Crippen LogP contribution is 2.25. The monoisotopic (exact) mass is 453 g/mol. The van der Waals surface area contributed by atoms with Gasteiger partial charge in [0.15, 0.2) is 0 Å². The quantitative estimate of drug-likeness (QED) is 0.514. The minimum Gasteiger partial charge on any atom is -0.418 e. The molecule has 4 rings (SSSR count). The summed E-state index contributed by atoms with van der Waals surface area (Å²) < 4.78 is 5.80. The Hall–Kier alpha value is -2.71. The number of benzene rings is 1. The molecule has 3 aromatic rings. The fourth-order valence-electron chi connectivity index (χ4n) is 4.06. The smallest absolute Gasteiger partial charge is 0.257 e. The predicted molar refractivity (Wildman–Crippen MR) is 128 cm³/mol. The normalized spacial score (nSPS) is 14.7. The predicted octanol–water partition coefficient (Wildman–Crippen LogP) is 3.98. The summed E-state index contributed by atoms with van der Waals surface area (Å²) in [6.07, 6.45) is 0.887. The van der Waals surface area contributed by atoms with E-state index in [0.717, 1.165) is 37.5 Å². The molecule has 0 spiro atoms. The van der Waals surface area contributed by atoms with Crippen LogP contribution in [-0.2, 0) is 11.3 Å². The second-order valence-corrected chi connectivity index (χ2v) is 9.22. The van der Waals surface area contributed by atoms with E-state index in [1.54, 1.807) is 11.3 Å². The number of carbonyl (C=O) groups excluding carboxylic acids is 1. The van der Waals surface area contributed by atoms with Crippen LogP contribution in [0.5, 0.6) is 0 Å². The number of anilines is 1. The third kappa shape index (κ3) is 5.19. The van der Waals surface area contributed by atoms with Gasteiger partial charge in [-0.25, -0.2) is 0 Å². The molecule has 2 aromatic heterocycles. The molecule has 1 aromatic carbocycles. The van der Waals surface area contributed by atoms with Gasteiger partial charge in [-0.2, -0.15) is 0 Å². The number of carbonyl (C=O) groups is 1. The van der Waals surface area contributed by atoms with E-state index in [0.29, 0.717) is 31.4 Å². The van der Waals surface area contributed by atoms with Crippen LogP contribution in [0.3, 0.4) is 0 Å². The maximum Gasteiger partial charge on any atom is 0.257 e. The summed E-state index contributed by atoms with van der Waals surface area (Å²) >= 11 is 1.56. The summed E-state index contributed by atoms with van der Waals surface area (Å²) in [6.45, 7) is 11.5. The number of hydrogen-bond donors (Lipinski definition) is 0. The lowest BCUT2D eigenvalue weighted by Crippen LogP contribution is -2.50. The number of aryl methyl sites for hydroxylation is 1. The Kier molecular flexibility index (Phi) is 7.22. The molecule has 1 amide bonds. The third-order valence-electron chi connectivity index (χ3n) is 6.02. The zero-order chi connectivity index (χ0) is 22.5. The molecule has 7 nitrogen and oxygen atoms in total. The number of thiophene rings is 1.